The molecule has 10 rings (SSSR count). The Bertz CT molecular complexity index is 2970. The number of rotatable bonds is 5. The fraction of sp³-hybridized carbons (Fsp3) is 0.0816. The van der Waals surface area contributed by atoms with Crippen molar-refractivity contribution in [1.82, 2.24) is 19.5 Å². The van der Waals surface area contributed by atoms with Crippen LogP contribution in [0.4, 0.5) is 0 Å². The summed E-state index contributed by atoms with van der Waals surface area (Å²) in [7, 11) is 0. The van der Waals surface area contributed by atoms with E-state index in [1.165, 1.54) is 16.3 Å². The van der Waals surface area contributed by atoms with E-state index >= 15 is 0 Å². The van der Waals surface area contributed by atoms with Crippen molar-refractivity contribution in [2.24, 2.45) is 0 Å². The highest BCUT2D eigenvalue weighted by atomic mass is 16.3. The summed E-state index contributed by atoms with van der Waals surface area (Å²) in [6.45, 7) is 6.80. The largest absolute Gasteiger partial charge is 0.456 e. The Labute approximate surface area is 313 Å². The zero-order valence-corrected chi connectivity index (χ0v) is 30.3. The van der Waals surface area contributed by atoms with Crippen molar-refractivity contribution >= 4 is 43.7 Å². The quantitative estimate of drug-likeness (QED) is 0.180. The van der Waals surface area contributed by atoms with E-state index in [-0.39, 0.29) is 5.41 Å². The van der Waals surface area contributed by atoms with Gasteiger partial charge in [0.25, 0.3) is 0 Å². The Balaban J connectivity index is 1.32. The fourth-order valence-corrected chi connectivity index (χ4v) is 7.71. The van der Waals surface area contributed by atoms with Crippen molar-refractivity contribution < 1.29 is 4.42 Å². The van der Waals surface area contributed by atoms with E-state index in [0.717, 1.165) is 66.5 Å². The molecule has 0 atom stereocenters. The lowest BCUT2D eigenvalue weighted by atomic mass is 9.86. The topological polar surface area (TPSA) is 56.7 Å². The standard InChI is InChI=1S/C49H36N4O/c1-49(2,3)34-26-27-41-38(30-34)36-19-10-12-22-40(36)53(41)42-23-14-21-35(33-25-28-44-39(29-33)37-20-11-13-24-43(37)54-44)45(42)48-51-46(31-15-6-4-7-16-31)50-47(52-48)32-17-8-5-9-18-32/h4-30H,1-3H3. The number of para-hydroxylation sites is 2. The molecule has 0 aliphatic heterocycles. The van der Waals surface area contributed by atoms with Gasteiger partial charge in [-0.2, -0.15) is 0 Å². The van der Waals surface area contributed by atoms with Gasteiger partial charge in [0, 0.05) is 32.7 Å². The molecule has 3 aromatic heterocycles. The molecule has 0 fully saturated rings. The van der Waals surface area contributed by atoms with E-state index in [9.17, 15) is 0 Å². The van der Waals surface area contributed by atoms with Crippen molar-refractivity contribution in [3.63, 3.8) is 0 Å². The maximum atomic E-state index is 6.26. The molecule has 0 saturated carbocycles. The van der Waals surface area contributed by atoms with Gasteiger partial charge in [-0.15, -0.1) is 0 Å². The zero-order chi connectivity index (χ0) is 36.4. The first-order valence-corrected chi connectivity index (χ1v) is 18.4. The van der Waals surface area contributed by atoms with Crippen LogP contribution in [0.15, 0.2) is 168 Å². The Morgan fingerprint density at radius 1 is 0.444 bits per heavy atom. The fourth-order valence-electron chi connectivity index (χ4n) is 7.71. The van der Waals surface area contributed by atoms with Crippen LogP contribution in [-0.4, -0.2) is 19.5 Å². The van der Waals surface area contributed by atoms with Gasteiger partial charge in [-0.1, -0.05) is 142 Å². The molecule has 5 heteroatoms. The predicted octanol–water partition coefficient (Wildman–Crippen LogP) is 12.8. The number of aromatic nitrogens is 4. The van der Waals surface area contributed by atoms with Gasteiger partial charge < -0.3 is 8.98 Å². The number of nitrogens with zero attached hydrogens (tertiary/aromatic N) is 4. The minimum Gasteiger partial charge on any atom is -0.456 e. The average molecular weight is 697 g/mol. The molecule has 0 unspecified atom stereocenters. The molecule has 0 saturated heterocycles. The summed E-state index contributed by atoms with van der Waals surface area (Å²) in [4.78, 5) is 15.7. The number of furan rings is 1. The summed E-state index contributed by atoms with van der Waals surface area (Å²) in [5, 5.41) is 4.57. The van der Waals surface area contributed by atoms with E-state index in [1.54, 1.807) is 0 Å². The van der Waals surface area contributed by atoms with Gasteiger partial charge in [0.2, 0.25) is 0 Å². The molecule has 10 aromatic rings. The SMILES string of the molecule is CC(C)(C)c1ccc2c(c1)c1ccccc1n2-c1cccc(-c2ccc3oc4ccccc4c3c2)c1-c1nc(-c2ccccc2)nc(-c2ccccc2)n1. The van der Waals surface area contributed by atoms with Gasteiger partial charge >= 0.3 is 0 Å². The molecule has 258 valence electrons. The molecule has 54 heavy (non-hydrogen) atoms. The number of hydrogen-bond acceptors (Lipinski definition) is 4. The molecule has 0 amide bonds. The average Bonchev–Trinajstić information content (AvgIpc) is 3.76. The third-order valence-electron chi connectivity index (χ3n) is 10.4. The van der Waals surface area contributed by atoms with Crippen LogP contribution in [0.2, 0.25) is 0 Å². The van der Waals surface area contributed by atoms with Crippen LogP contribution in [0.3, 0.4) is 0 Å². The van der Waals surface area contributed by atoms with Crippen LogP contribution < -0.4 is 0 Å². The lowest BCUT2D eigenvalue weighted by molar-refractivity contribution is 0.591. The second-order valence-corrected chi connectivity index (χ2v) is 14.9. The first-order valence-electron chi connectivity index (χ1n) is 18.4. The molecule has 0 spiro atoms. The van der Waals surface area contributed by atoms with E-state index < -0.39 is 0 Å². The van der Waals surface area contributed by atoms with Crippen molar-refractivity contribution in [3.8, 4) is 51.0 Å². The van der Waals surface area contributed by atoms with Crippen LogP contribution in [0.5, 0.6) is 0 Å². The van der Waals surface area contributed by atoms with Crippen LogP contribution in [0.1, 0.15) is 26.3 Å². The summed E-state index contributed by atoms with van der Waals surface area (Å²) in [5.74, 6) is 1.84. The predicted molar refractivity (Wildman–Crippen MR) is 222 cm³/mol. The molecule has 0 N–H and O–H groups in total. The van der Waals surface area contributed by atoms with Gasteiger partial charge in [0.05, 0.1) is 22.3 Å². The van der Waals surface area contributed by atoms with Gasteiger partial charge in [-0.25, -0.2) is 15.0 Å². The monoisotopic (exact) mass is 696 g/mol. The molecule has 0 radical (unpaired) electrons. The molecule has 3 heterocycles. The maximum Gasteiger partial charge on any atom is 0.166 e. The Morgan fingerprint density at radius 3 is 1.78 bits per heavy atom. The van der Waals surface area contributed by atoms with Crippen LogP contribution in [0, 0.1) is 0 Å². The minimum absolute atomic E-state index is 0.00489. The van der Waals surface area contributed by atoms with E-state index in [2.05, 4.69) is 141 Å². The highest BCUT2D eigenvalue weighted by Crippen LogP contribution is 2.43. The second-order valence-electron chi connectivity index (χ2n) is 14.9. The van der Waals surface area contributed by atoms with Gasteiger partial charge in [0.1, 0.15) is 11.2 Å². The Morgan fingerprint density at radius 2 is 1.06 bits per heavy atom. The van der Waals surface area contributed by atoms with E-state index in [1.807, 2.05) is 48.5 Å². The molecule has 0 aliphatic rings. The lowest BCUT2D eigenvalue weighted by Gasteiger charge is -2.20. The van der Waals surface area contributed by atoms with E-state index in [0.29, 0.717) is 17.5 Å². The highest BCUT2D eigenvalue weighted by Gasteiger charge is 2.24. The number of hydrogen-bond donors (Lipinski definition) is 0. The summed E-state index contributed by atoms with van der Waals surface area (Å²) in [6.07, 6.45) is 0. The summed E-state index contributed by atoms with van der Waals surface area (Å²) < 4.78 is 8.65. The Kier molecular flexibility index (Phi) is 7.31. The normalized spacial score (nSPS) is 12.0. The van der Waals surface area contributed by atoms with Crippen molar-refractivity contribution in [1.29, 1.82) is 0 Å². The Hall–Kier alpha value is -6.85. The highest BCUT2D eigenvalue weighted by molar-refractivity contribution is 6.11. The van der Waals surface area contributed by atoms with Gasteiger partial charge in [-0.3, -0.25) is 0 Å². The number of fused-ring (bicyclic) bond motifs is 6. The first-order chi connectivity index (χ1) is 26.4. The molecule has 0 aliphatic carbocycles. The van der Waals surface area contributed by atoms with Gasteiger partial charge in [0.15, 0.2) is 17.5 Å². The van der Waals surface area contributed by atoms with Crippen molar-refractivity contribution in [2.75, 3.05) is 0 Å². The van der Waals surface area contributed by atoms with Crippen LogP contribution >= 0.6 is 0 Å². The molecule has 0 bridgehead atoms. The van der Waals surface area contributed by atoms with Crippen LogP contribution in [-0.2, 0) is 5.41 Å². The maximum absolute atomic E-state index is 6.26. The second kappa shape index (κ2) is 12.4. The zero-order valence-electron chi connectivity index (χ0n) is 30.3. The van der Waals surface area contributed by atoms with Crippen LogP contribution in [0.25, 0.3) is 94.7 Å². The summed E-state index contributed by atoms with van der Waals surface area (Å²) >= 11 is 0. The molecular formula is C49H36N4O. The third kappa shape index (κ3) is 5.28. The number of benzene rings is 7. The minimum atomic E-state index is 0.00489. The molecule has 7 aromatic carbocycles. The summed E-state index contributed by atoms with van der Waals surface area (Å²) in [6, 6.07) is 57.1. The summed E-state index contributed by atoms with van der Waals surface area (Å²) in [5.41, 5.74) is 11.1. The van der Waals surface area contributed by atoms with E-state index in [4.69, 9.17) is 19.4 Å². The lowest BCUT2D eigenvalue weighted by Crippen LogP contribution is -2.10. The van der Waals surface area contributed by atoms with Crippen molar-refractivity contribution in [3.05, 3.63) is 169 Å². The third-order valence-corrected chi connectivity index (χ3v) is 10.4. The van der Waals surface area contributed by atoms with Gasteiger partial charge in [-0.05, 0) is 64.6 Å². The smallest absolute Gasteiger partial charge is 0.166 e. The van der Waals surface area contributed by atoms with Crippen molar-refractivity contribution in [2.45, 2.75) is 26.2 Å². The molecule has 5 nitrogen and oxygen atoms in total. The molecular weight excluding hydrogens is 661 g/mol. The first kappa shape index (κ1) is 31.9.